The summed E-state index contributed by atoms with van der Waals surface area (Å²) in [5, 5.41) is 4.67. The van der Waals surface area contributed by atoms with E-state index in [9.17, 15) is 4.79 Å². The zero-order valence-electron chi connectivity index (χ0n) is 12.0. The van der Waals surface area contributed by atoms with Crippen LogP contribution in [0.2, 0.25) is 15.1 Å². The molecule has 2 aromatic carbocycles. The number of hydrogen-bond donors (Lipinski definition) is 1. The number of carbonyl (C=O) groups is 1. The number of para-hydroxylation sites is 1. The van der Waals surface area contributed by atoms with E-state index in [1.54, 1.807) is 43.3 Å². The van der Waals surface area contributed by atoms with E-state index in [-0.39, 0.29) is 5.97 Å². The predicted molar refractivity (Wildman–Crippen MR) is 91.6 cm³/mol. The van der Waals surface area contributed by atoms with Crippen LogP contribution in [0.1, 0.15) is 18.4 Å². The largest absolute Gasteiger partial charge is 0.469 e. The quantitative estimate of drug-likeness (QED) is 0.716. The summed E-state index contributed by atoms with van der Waals surface area (Å²) in [6, 6.07) is 10.4. The fourth-order valence-electron chi connectivity index (χ4n) is 2.06. The lowest BCUT2D eigenvalue weighted by atomic mass is 9.99. The molecule has 2 aromatic rings. The summed E-state index contributed by atoms with van der Waals surface area (Å²) < 4.78 is 4.80. The Labute approximate surface area is 144 Å². The summed E-state index contributed by atoms with van der Waals surface area (Å²) in [6.45, 7) is 1.75. The van der Waals surface area contributed by atoms with Gasteiger partial charge in [-0.05, 0) is 42.8 Å². The highest BCUT2D eigenvalue weighted by Gasteiger charge is 2.20. The van der Waals surface area contributed by atoms with Crippen LogP contribution in [0.15, 0.2) is 36.4 Å². The normalized spacial score (nSPS) is 11.9. The fraction of sp³-hybridized carbons (Fsp3) is 0.188. The third-order valence-electron chi connectivity index (χ3n) is 3.26. The summed E-state index contributed by atoms with van der Waals surface area (Å²) in [5.74, 6) is -0.831. The predicted octanol–water partition coefficient (Wildman–Crippen LogP) is 5.67. The number of esters is 1. The van der Waals surface area contributed by atoms with Crippen molar-refractivity contribution < 1.29 is 9.53 Å². The highest BCUT2D eigenvalue weighted by Crippen LogP contribution is 2.36. The van der Waals surface area contributed by atoms with Crippen LogP contribution < -0.4 is 5.32 Å². The molecule has 3 nitrogen and oxygen atoms in total. The number of carbonyl (C=O) groups excluding carboxylic acids is 1. The fourth-order valence-corrected chi connectivity index (χ4v) is 2.73. The van der Waals surface area contributed by atoms with Gasteiger partial charge >= 0.3 is 5.97 Å². The van der Waals surface area contributed by atoms with Gasteiger partial charge in [0.1, 0.15) is 0 Å². The molecule has 1 unspecified atom stereocenters. The molecule has 0 saturated carbocycles. The Morgan fingerprint density at radius 3 is 2.36 bits per heavy atom. The molecule has 0 saturated heterocycles. The van der Waals surface area contributed by atoms with E-state index in [0.717, 1.165) is 0 Å². The highest BCUT2D eigenvalue weighted by atomic mass is 35.5. The summed E-state index contributed by atoms with van der Waals surface area (Å²) in [4.78, 5) is 11.8. The summed E-state index contributed by atoms with van der Waals surface area (Å²) in [7, 11) is 1.35. The lowest BCUT2D eigenvalue weighted by Crippen LogP contribution is -2.12. The SMILES string of the molecule is COC(=O)C(C)c1cc(Cl)ccc1Nc1c(Cl)cccc1Cl. The molecule has 0 aliphatic heterocycles. The smallest absolute Gasteiger partial charge is 0.312 e. The molecule has 0 aliphatic carbocycles. The first-order valence-electron chi connectivity index (χ1n) is 6.52. The summed E-state index contributed by atoms with van der Waals surface area (Å²) in [5.41, 5.74) is 1.97. The molecule has 0 radical (unpaired) electrons. The Bertz CT molecular complexity index is 684. The minimum atomic E-state index is -0.479. The third-order valence-corrected chi connectivity index (χ3v) is 4.12. The van der Waals surface area contributed by atoms with Crippen molar-refractivity contribution in [1.29, 1.82) is 0 Å². The maximum Gasteiger partial charge on any atom is 0.312 e. The van der Waals surface area contributed by atoms with Crippen molar-refractivity contribution in [3.8, 4) is 0 Å². The zero-order valence-corrected chi connectivity index (χ0v) is 14.3. The molecule has 1 N–H and O–H groups in total. The summed E-state index contributed by atoms with van der Waals surface area (Å²) in [6.07, 6.45) is 0. The monoisotopic (exact) mass is 357 g/mol. The first-order chi connectivity index (χ1) is 10.4. The van der Waals surface area contributed by atoms with Gasteiger partial charge in [0.2, 0.25) is 0 Å². The van der Waals surface area contributed by atoms with Crippen LogP contribution in [0.25, 0.3) is 0 Å². The van der Waals surface area contributed by atoms with Gasteiger partial charge in [-0.1, -0.05) is 40.9 Å². The molecule has 2 rings (SSSR count). The zero-order chi connectivity index (χ0) is 16.3. The first kappa shape index (κ1) is 16.9. The number of rotatable bonds is 4. The van der Waals surface area contributed by atoms with Crippen molar-refractivity contribution in [2.24, 2.45) is 0 Å². The highest BCUT2D eigenvalue weighted by molar-refractivity contribution is 6.39. The Balaban J connectivity index is 2.45. The number of methoxy groups -OCH3 is 1. The molecule has 6 heteroatoms. The van der Waals surface area contributed by atoms with Gasteiger partial charge in [0.15, 0.2) is 0 Å². The van der Waals surface area contributed by atoms with Gasteiger partial charge in [0, 0.05) is 10.7 Å². The van der Waals surface area contributed by atoms with E-state index in [2.05, 4.69) is 5.32 Å². The Hall–Kier alpha value is -1.42. The molecule has 0 aromatic heterocycles. The van der Waals surface area contributed by atoms with E-state index >= 15 is 0 Å². The Kier molecular flexibility index (Phi) is 5.57. The number of nitrogens with one attached hydrogen (secondary N) is 1. The van der Waals surface area contributed by atoms with Crippen molar-refractivity contribution in [2.75, 3.05) is 12.4 Å². The molecule has 22 heavy (non-hydrogen) atoms. The van der Waals surface area contributed by atoms with E-state index in [4.69, 9.17) is 39.5 Å². The minimum Gasteiger partial charge on any atom is -0.469 e. The molecule has 0 amide bonds. The van der Waals surface area contributed by atoms with Crippen LogP contribution in [-0.2, 0) is 9.53 Å². The number of ether oxygens (including phenoxy) is 1. The van der Waals surface area contributed by atoms with Gasteiger partial charge in [-0.3, -0.25) is 4.79 Å². The lowest BCUT2D eigenvalue weighted by molar-refractivity contribution is -0.141. The first-order valence-corrected chi connectivity index (χ1v) is 7.65. The number of benzene rings is 2. The maximum atomic E-state index is 11.8. The van der Waals surface area contributed by atoms with Crippen molar-refractivity contribution >= 4 is 52.1 Å². The molecular formula is C16H14Cl3NO2. The second-order valence-corrected chi connectivity index (χ2v) is 5.95. The summed E-state index contributed by atoms with van der Waals surface area (Å²) >= 11 is 18.4. The van der Waals surface area contributed by atoms with E-state index in [1.807, 2.05) is 0 Å². The van der Waals surface area contributed by atoms with E-state index < -0.39 is 5.92 Å². The second kappa shape index (κ2) is 7.23. The van der Waals surface area contributed by atoms with E-state index in [1.165, 1.54) is 7.11 Å². The number of halogens is 3. The lowest BCUT2D eigenvalue weighted by Gasteiger charge is -2.18. The van der Waals surface area contributed by atoms with Gasteiger partial charge < -0.3 is 10.1 Å². The van der Waals surface area contributed by atoms with Crippen molar-refractivity contribution in [3.05, 3.63) is 57.0 Å². The molecule has 0 aliphatic rings. The van der Waals surface area contributed by atoms with Crippen LogP contribution in [-0.4, -0.2) is 13.1 Å². The van der Waals surface area contributed by atoms with Gasteiger partial charge in [0.05, 0.1) is 28.8 Å². The number of hydrogen-bond acceptors (Lipinski definition) is 3. The third kappa shape index (κ3) is 3.67. The van der Waals surface area contributed by atoms with Crippen LogP contribution in [0, 0.1) is 0 Å². The van der Waals surface area contributed by atoms with Crippen LogP contribution in [0.3, 0.4) is 0 Å². The topological polar surface area (TPSA) is 38.3 Å². The van der Waals surface area contributed by atoms with Gasteiger partial charge in [-0.2, -0.15) is 0 Å². The van der Waals surface area contributed by atoms with Gasteiger partial charge in [-0.15, -0.1) is 0 Å². The molecule has 116 valence electrons. The van der Waals surface area contributed by atoms with Gasteiger partial charge in [0.25, 0.3) is 0 Å². The maximum absolute atomic E-state index is 11.8. The average molecular weight is 359 g/mol. The molecule has 1 atom stereocenters. The minimum absolute atomic E-state index is 0.351. The van der Waals surface area contributed by atoms with E-state index in [0.29, 0.717) is 32.0 Å². The van der Waals surface area contributed by atoms with Crippen LogP contribution >= 0.6 is 34.8 Å². The Morgan fingerprint density at radius 2 is 1.77 bits per heavy atom. The molecule has 0 fully saturated rings. The molecule has 0 heterocycles. The molecular weight excluding hydrogens is 345 g/mol. The van der Waals surface area contributed by atoms with Crippen molar-refractivity contribution in [1.82, 2.24) is 0 Å². The molecule has 0 spiro atoms. The number of anilines is 2. The Morgan fingerprint density at radius 1 is 1.14 bits per heavy atom. The van der Waals surface area contributed by atoms with Crippen LogP contribution in [0.4, 0.5) is 11.4 Å². The standard InChI is InChI=1S/C16H14Cl3NO2/c1-9(16(21)22-2)11-8-10(17)6-7-14(11)20-15-12(18)4-3-5-13(15)19/h3-9,20H,1-2H3. The molecule has 0 bridgehead atoms. The second-order valence-electron chi connectivity index (χ2n) is 4.70. The van der Waals surface area contributed by atoms with Crippen molar-refractivity contribution in [2.45, 2.75) is 12.8 Å². The van der Waals surface area contributed by atoms with Crippen LogP contribution in [0.5, 0.6) is 0 Å². The van der Waals surface area contributed by atoms with Crippen molar-refractivity contribution in [3.63, 3.8) is 0 Å². The van der Waals surface area contributed by atoms with Gasteiger partial charge in [-0.25, -0.2) is 0 Å². The average Bonchev–Trinajstić information content (AvgIpc) is 2.50.